The van der Waals surface area contributed by atoms with Crippen LogP contribution in [0.3, 0.4) is 0 Å². The molecule has 3 aromatic rings. The van der Waals surface area contributed by atoms with Gasteiger partial charge in [0.25, 0.3) is 0 Å². The van der Waals surface area contributed by atoms with Gasteiger partial charge in [0, 0.05) is 11.1 Å². The number of nitrogens with zero attached hydrogens (tertiary/aromatic N) is 1. The van der Waals surface area contributed by atoms with E-state index in [1.54, 1.807) is 6.08 Å². The molecule has 1 aliphatic rings. The van der Waals surface area contributed by atoms with Gasteiger partial charge in [0.1, 0.15) is 18.1 Å². The number of rotatable bonds is 5. The number of carbonyl (C=O) groups is 1. The lowest BCUT2D eigenvalue weighted by Crippen LogP contribution is -2.07. The van der Waals surface area contributed by atoms with Crippen molar-refractivity contribution in [3.8, 4) is 5.75 Å². The first-order valence-corrected chi connectivity index (χ1v) is 9.05. The molecule has 0 saturated carbocycles. The predicted octanol–water partition coefficient (Wildman–Crippen LogP) is 4.92. The van der Waals surface area contributed by atoms with Crippen molar-refractivity contribution < 1.29 is 14.4 Å². The third kappa shape index (κ3) is 3.86. The van der Waals surface area contributed by atoms with E-state index in [2.05, 4.69) is 24.2 Å². The fourth-order valence-corrected chi connectivity index (χ4v) is 2.95. The average molecular weight is 369 g/mol. The van der Waals surface area contributed by atoms with Crippen molar-refractivity contribution in [3.05, 3.63) is 107 Å². The molecule has 0 radical (unpaired) electrons. The second kappa shape index (κ2) is 7.92. The summed E-state index contributed by atoms with van der Waals surface area (Å²) in [7, 11) is 0. The summed E-state index contributed by atoms with van der Waals surface area (Å²) in [6.45, 7) is 2.50. The number of carbonyl (C=O) groups excluding carboxylic acids is 1. The Morgan fingerprint density at radius 2 is 1.64 bits per heavy atom. The summed E-state index contributed by atoms with van der Waals surface area (Å²) in [4.78, 5) is 17.2. The zero-order chi connectivity index (χ0) is 19.3. The van der Waals surface area contributed by atoms with E-state index in [9.17, 15) is 4.79 Å². The summed E-state index contributed by atoms with van der Waals surface area (Å²) in [5.74, 6) is 0.231. The van der Waals surface area contributed by atoms with Gasteiger partial charge in [0.05, 0.1) is 5.57 Å². The van der Waals surface area contributed by atoms with Gasteiger partial charge < -0.3 is 9.57 Å². The zero-order valence-electron chi connectivity index (χ0n) is 15.5. The van der Waals surface area contributed by atoms with E-state index < -0.39 is 5.97 Å². The molecule has 1 heterocycles. The number of para-hydroxylation sites is 1. The molecule has 0 bridgehead atoms. The van der Waals surface area contributed by atoms with E-state index in [4.69, 9.17) is 9.57 Å². The van der Waals surface area contributed by atoms with E-state index in [1.807, 2.05) is 66.7 Å². The number of hydrogen-bond donors (Lipinski definition) is 0. The van der Waals surface area contributed by atoms with Gasteiger partial charge >= 0.3 is 5.97 Å². The van der Waals surface area contributed by atoms with Crippen LogP contribution in [0.5, 0.6) is 5.75 Å². The standard InChI is InChI=1S/C24H19NO3/c1-17-11-13-18(14-12-17)16-27-22-10-6-5-9-20(22)15-21-23(25-28-24(21)26)19-7-3-2-4-8-19/h2-15H,16H2,1H3. The molecule has 4 rings (SSSR count). The molecule has 28 heavy (non-hydrogen) atoms. The van der Waals surface area contributed by atoms with Crippen LogP contribution in [-0.4, -0.2) is 11.7 Å². The third-order valence-electron chi connectivity index (χ3n) is 4.48. The molecule has 0 amide bonds. The zero-order valence-corrected chi connectivity index (χ0v) is 15.5. The van der Waals surface area contributed by atoms with Gasteiger partial charge in [-0.25, -0.2) is 4.79 Å². The highest BCUT2D eigenvalue weighted by molar-refractivity contribution is 6.31. The maximum Gasteiger partial charge on any atom is 0.368 e. The molecule has 138 valence electrons. The van der Waals surface area contributed by atoms with Crippen molar-refractivity contribution in [1.29, 1.82) is 0 Å². The summed E-state index contributed by atoms with van der Waals surface area (Å²) in [5, 5.41) is 3.95. The van der Waals surface area contributed by atoms with Crippen molar-refractivity contribution in [2.45, 2.75) is 13.5 Å². The van der Waals surface area contributed by atoms with Crippen molar-refractivity contribution in [2.24, 2.45) is 5.16 Å². The molecular formula is C24H19NO3. The molecule has 1 aliphatic heterocycles. The number of benzene rings is 3. The number of aryl methyl sites for hydroxylation is 1. The number of ether oxygens (including phenoxy) is 1. The van der Waals surface area contributed by atoms with Gasteiger partial charge in [-0.1, -0.05) is 83.5 Å². The van der Waals surface area contributed by atoms with Crippen LogP contribution in [0, 0.1) is 6.92 Å². The molecule has 0 fully saturated rings. The first kappa shape index (κ1) is 17.7. The van der Waals surface area contributed by atoms with Gasteiger partial charge in [-0.3, -0.25) is 0 Å². The molecule has 0 aromatic heterocycles. The monoisotopic (exact) mass is 369 g/mol. The summed E-state index contributed by atoms with van der Waals surface area (Å²) < 4.78 is 6.01. The minimum Gasteiger partial charge on any atom is -0.488 e. The minimum atomic E-state index is -0.466. The molecule has 0 N–H and O–H groups in total. The summed E-state index contributed by atoms with van der Waals surface area (Å²) in [5.41, 5.74) is 4.86. The van der Waals surface area contributed by atoms with Gasteiger partial charge in [0.2, 0.25) is 0 Å². The fraction of sp³-hybridized carbons (Fsp3) is 0.0833. The first-order chi connectivity index (χ1) is 13.7. The first-order valence-electron chi connectivity index (χ1n) is 9.05. The largest absolute Gasteiger partial charge is 0.488 e. The van der Waals surface area contributed by atoms with Crippen molar-refractivity contribution in [2.75, 3.05) is 0 Å². The highest BCUT2D eigenvalue weighted by atomic mass is 16.7. The van der Waals surface area contributed by atoms with Gasteiger partial charge in [-0.05, 0) is 24.6 Å². The topological polar surface area (TPSA) is 47.9 Å². The number of oxime groups is 1. The third-order valence-corrected chi connectivity index (χ3v) is 4.48. The normalized spacial score (nSPS) is 14.7. The maximum absolute atomic E-state index is 12.2. The van der Waals surface area contributed by atoms with Crippen molar-refractivity contribution >= 4 is 17.8 Å². The molecule has 0 aliphatic carbocycles. The summed E-state index contributed by atoms with van der Waals surface area (Å²) >= 11 is 0. The second-order valence-corrected chi connectivity index (χ2v) is 6.55. The molecular weight excluding hydrogens is 350 g/mol. The van der Waals surface area contributed by atoms with Crippen LogP contribution in [0.2, 0.25) is 0 Å². The van der Waals surface area contributed by atoms with Gasteiger partial charge in [0.15, 0.2) is 0 Å². The highest BCUT2D eigenvalue weighted by Gasteiger charge is 2.27. The molecule has 0 saturated heterocycles. The van der Waals surface area contributed by atoms with Gasteiger partial charge in [-0.15, -0.1) is 0 Å². The van der Waals surface area contributed by atoms with Crippen LogP contribution in [0.25, 0.3) is 6.08 Å². The van der Waals surface area contributed by atoms with E-state index in [0.717, 1.165) is 16.7 Å². The maximum atomic E-state index is 12.2. The van der Waals surface area contributed by atoms with Gasteiger partial charge in [-0.2, -0.15) is 0 Å². The Kier molecular flexibility index (Phi) is 5.02. The van der Waals surface area contributed by atoms with Crippen LogP contribution in [-0.2, 0) is 16.2 Å². The molecule has 0 atom stereocenters. The Bertz CT molecular complexity index is 1050. The smallest absolute Gasteiger partial charge is 0.368 e. The number of hydrogen-bond acceptors (Lipinski definition) is 4. The Hall–Kier alpha value is -3.66. The highest BCUT2D eigenvalue weighted by Crippen LogP contribution is 2.26. The lowest BCUT2D eigenvalue weighted by atomic mass is 10.0. The van der Waals surface area contributed by atoms with Crippen LogP contribution < -0.4 is 4.74 Å². The second-order valence-electron chi connectivity index (χ2n) is 6.55. The lowest BCUT2D eigenvalue weighted by Gasteiger charge is -2.10. The van der Waals surface area contributed by atoms with E-state index >= 15 is 0 Å². The van der Waals surface area contributed by atoms with Crippen LogP contribution in [0.4, 0.5) is 0 Å². The predicted molar refractivity (Wildman–Crippen MR) is 109 cm³/mol. The minimum absolute atomic E-state index is 0.414. The summed E-state index contributed by atoms with van der Waals surface area (Å²) in [6, 6.07) is 25.3. The van der Waals surface area contributed by atoms with E-state index in [0.29, 0.717) is 23.6 Å². The van der Waals surface area contributed by atoms with E-state index in [1.165, 1.54) is 5.56 Å². The molecule has 0 unspecified atom stereocenters. The Morgan fingerprint density at radius 1 is 0.929 bits per heavy atom. The fourth-order valence-electron chi connectivity index (χ4n) is 2.95. The van der Waals surface area contributed by atoms with Crippen LogP contribution in [0.1, 0.15) is 22.3 Å². The Labute approximate surface area is 163 Å². The SMILES string of the molecule is Cc1ccc(COc2ccccc2C=C2C(=O)ON=C2c2ccccc2)cc1. The van der Waals surface area contributed by atoms with Crippen LogP contribution >= 0.6 is 0 Å². The lowest BCUT2D eigenvalue weighted by molar-refractivity contribution is -0.136. The molecule has 4 heteroatoms. The van der Waals surface area contributed by atoms with Crippen molar-refractivity contribution in [3.63, 3.8) is 0 Å². The molecule has 4 nitrogen and oxygen atoms in total. The van der Waals surface area contributed by atoms with Crippen LogP contribution in [0.15, 0.2) is 89.6 Å². The molecule has 0 spiro atoms. The Balaban J connectivity index is 1.61. The van der Waals surface area contributed by atoms with Crippen molar-refractivity contribution in [1.82, 2.24) is 0 Å². The summed E-state index contributed by atoms with van der Waals surface area (Å²) in [6.07, 6.45) is 1.77. The molecule has 3 aromatic carbocycles. The average Bonchev–Trinajstić information content (AvgIpc) is 3.09. The quantitative estimate of drug-likeness (QED) is 0.474. The Morgan fingerprint density at radius 3 is 2.43 bits per heavy atom. The van der Waals surface area contributed by atoms with E-state index in [-0.39, 0.29) is 0 Å².